The Morgan fingerprint density at radius 3 is 1.75 bits per heavy atom. The maximum atomic E-state index is 11.0. The van der Waals surface area contributed by atoms with Gasteiger partial charge < -0.3 is 14.0 Å². The molecular formula is C11H18NO4+. The molecule has 0 aliphatic rings. The lowest BCUT2D eigenvalue weighted by atomic mass is 10.5. The molecule has 0 bridgehead atoms. The first-order valence-corrected chi connectivity index (χ1v) is 4.75. The van der Waals surface area contributed by atoms with Gasteiger partial charge in [-0.15, -0.1) is 0 Å². The van der Waals surface area contributed by atoms with Crippen LogP contribution in [0.3, 0.4) is 0 Å². The average Bonchev–Trinajstić information content (AvgIpc) is 2.14. The highest BCUT2D eigenvalue weighted by molar-refractivity contribution is 5.83. The topological polar surface area (TPSA) is 52.6 Å². The van der Waals surface area contributed by atoms with Crippen LogP contribution in [-0.2, 0) is 19.1 Å². The SMILES string of the molecule is C=CC(=O)OC(C[N+](C)(C)C)OC(=O)C=C. The molecule has 0 radical (unpaired) electrons. The third-order valence-electron chi connectivity index (χ3n) is 1.53. The predicted molar refractivity (Wildman–Crippen MR) is 59.3 cm³/mol. The fraction of sp³-hybridized carbons (Fsp3) is 0.455. The smallest absolute Gasteiger partial charge is 0.333 e. The summed E-state index contributed by atoms with van der Waals surface area (Å²) >= 11 is 0. The van der Waals surface area contributed by atoms with E-state index in [0.717, 1.165) is 12.2 Å². The van der Waals surface area contributed by atoms with Crippen molar-refractivity contribution in [2.24, 2.45) is 0 Å². The molecule has 5 heteroatoms. The van der Waals surface area contributed by atoms with Crippen molar-refractivity contribution in [1.29, 1.82) is 0 Å². The van der Waals surface area contributed by atoms with Crippen LogP contribution >= 0.6 is 0 Å². The standard InChI is InChI=1S/C11H18NO4/c1-6-9(13)15-11(8-12(3,4)5)16-10(14)7-2/h6-7,11H,1-2,8H2,3-5H3/q+1. The van der Waals surface area contributed by atoms with Gasteiger partial charge in [0.25, 0.3) is 6.29 Å². The molecule has 0 aliphatic carbocycles. The van der Waals surface area contributed by atoms with Crippen LogP contribution in [0.4, 0.5) is 0 Å². The van der Waals surface area contributed by atoms with Crippen LogP contribution in [0, 0.1) is 0 Å². The lowest BCUT2D eigenvalue weighted by Gasteiger charge is -2.27. The number of quaternary nitrogens is 1. The number of carbonyl (C=O) groups is 2. The van der Waals surface area contributed by atoms with E-state index in [9.17, 15) is 9.59 Å². The highest BCUT2D eigenvalue weighted by atomic mass is 16.7. The minimum atomic E-state index is -0.934. The van der Waals surface area contributed by atoms with E-state index in [0.29, 0.717) is 11.0 Å². The summed E-state index contributed by atoms with van der Waals surface area (Å²) in [6.45, 7) is 6.88. The molecule has 0 aliphatic heterocycles. The van der Waals surface area contributed by atoms with Gasteiger partial charge in [0.1, 0.15) is 0 Å². The number of ether oxygens (including phenoxy) is 2. The Morgan fingerprint density at radius 2 is 1.50 bits per heavy atom. The Bertz CT molecular complexity index is 269. The monoisotopic (exact) mass is 228 g/mol. The molecular weight excluding hydrogens is 210 g/mol. The number of likely N-dealkylation sites (N-methyl/N-ethyl adjacent to an activating group) is 1. The molecule has 16 heavy (non-hydrogen) atoms. The van der Waals surface area contributed by atoms with Crippen molar-refractivity contribution in [3.05, 3.63) is 25.3 Å². The Kier molecular flexibility index (Phi) is 5.46. The van der Waals surface area contributed by atoms with E-state index in [1.807, 2.05) is 21.1 Å². The molecule has 0 spiro atoms. The molecule has 0 atom stereocenters. The minimum Gasteiger partial charge on any atom is -0.416 e. The van der Waals surface area contributed by atoms with Crippen LogP contribution < -0.4 is 0 Å². The van der Waals surface area contributed by atoms with Gasteiger partial charge in [-0.2, -0.15) is 0 Å². The van der Waals surface area contributed by atoms with Gasteiger partial charge in [-0.3, -0.25) is 0 Å². The van der Waals surface area contributed by atoms with Gasteiger partial charge in [-0.1, -0.05) is 13.2 Å². The second-order valence-electron chi connectivity index (χ2n) is 4.18. The number of esters is 2. The molecule has 0 saturated carbocycles. The second-order valence-corrected chi connectivity index (χ2v) is 4.18. The van der Waals surface area contributed by atoms with Gasteiger partial charge >= 0.3 is 11.9 Å². The summed E-state index contributed by atoms with van der Waals surface area (Å²) < 4.78 is 10.3. The summed E-state index contributed by atoms with van der Waals surface area (Å²) in [5.41, 5.74) is 0. The number of hydrogen-bond donors (Lipinski definition) is 0. The first-order chi connectivity index (χ1) is 7.28. The molecule has 0 rings (SSSR count). The fourth-order valence-corrected chi connectivity index (χ4v) is 0.901. The maximum Gasteiger partial charge on any atom is 0.333 e. The predicted octanol–water partition coefficient (Wildman–Crippen LogP) is 0.477. The summed E-state index contributed by atoms with van der Waals surface area (Å²) in [6, 6.07) is 0. The largest absolute Gasteiger partial charge is 0.416 e. The second kappa shape index (κ2) is 6.07. The summed E-state index contributed by atoms with van der Waals surface area (Å²) in [6.07, 6.45) is 1.10. The van der Waals surface area contributed by atoms with Crippen molar-refractivity contribution in [2.75, 3.05) is 27.7 Å². The molecule has 0 heterocycles. The Balaban J connectivity index is 4.49. The zero-order chi connectivity index (χ0) is 12.8. The van der Waals surface area contributed by atoms with Gasteiger partial charge in [0, 0.05) is 12.2 Å². The molecule has 0 saturated heterocycles. The molecule has 5 nitrogen and oxygen atoms in total. The first-order valence-electron chi connectivity index (χ1n) is 4.75. The van der Waals surface area contributed by atoms with Crippen LogP contribution in [0.1, 0.15) is 0 Å². The van der Waals surface area contributed by atoms with Crippen molar-refractivity contribution in [1.82, 2.24) is 0 Å². The molecule has 0 fully saturated rings. The van der Waals surface area contributed by atoms with E-state index >= 15 is 0 Å². The summed E-state index contributed by atoms with van der Waals surface area (Å²) in [5, 5.41) is 0. The molecule has 0 aromatic carbocycles. The molecule has 0 amide bonds. The van der Waals surface area contributed by atoms with Crippen LogP contribution in [0.5, 0.6) is 0 Å². The van der Waals surface area contributed by atoms with E-state index in [4.69, 9.17) is 9.47 Å². The van der Waals surface area contributed by atoms with Crippen molar-refractivity contribution in [3.8, 4) is 0 Å². The normalized spacial score (nSPS) is 10.8. The van der Waals surface area contributed by atoms with Crippen molar-refractivity contribution in [3.63, 3.8) is 0 Å². The van der Waals surface area contributed by atoms with Crippen LogP contribution in [-0.4, -0.2) is 50.4 Å². The number of nitrogens with zero attached hydrogens (tertiary/aromatic N) is 1. The average molecular weight is 228 g/mol. The van der Waals surface area contributed by atoms with Crippen LogP contribution in [0.15, 0.2) is 25.3 Å². The number of rotatable bonds is 6. The fourth-order valence-electron chi connectivity index (χ4n) is 0.901. The van der Waals surface area contributed by atoms with Gasteiger partial charge in [-0.05, 0) is 0 Å². The Labute approximate surface area is 95.5 Å². The quantitative estimate of drug-likeness (QED) is 0.287. The lowest BCUT2D eigenvalue weighted by molar-refractivity contribution is -0.875. The van der Waals surface area contributed by atoms with Gasteiger partial charge in [0.2, 0.25) is 0 Å². The highest BCUT2D eigenvalue weighted by Gasteiger charge is 2.24. The van der Waals surface area contributed by atoms with Crippen LogP contribution in [0.2, 0.25) is 0 Å². The molecule has 0 unspecified atom stereocenters. The summed E-state index contributed by atoms with van der Waals surface area (Å²) in [4.78, 5) is 22.0. The molecule has 0 aromatic heterocycles. The van der Waals surface area contributed by atoms with Crippen molar-refractivity contribution in [2.45, 2.75) is 6.29 Å². The van der Waals surface area contributed by atoms with Gasteiger partial charge in [-0.25, -0.2) is 9.59 Å². The number of carbonyl (C=O) groups excluding carboxylic acids is 2. The van der Waals surface area contributed by atoms with Crippen molar-refractivity contribution >= 4 is 11.9 Å². The zero-order valence-electron chi connectivity index (χ0n) is 9.93. The van der Waals surface area contributed by atoms with Gasteiger partial charge in [0.15, 0.2) is 6.54 Å². The first kappa shape index (κ1) is 14.4. The minimum absolute atomic E-state index is 0.346. The summed E-state index contributed by atoms with van der Waals surface area (Å²) in [5.74, 6) is -1.26. The number of hydrogen-bond acceptors (Lipinski definition) is 4. The van der Waals surface area contributed by atoms with E-state index in [1.54, 1.807) is 0 Å². The zero-order valence-corrected chi connectivity index (χ0v) is 9.93. The third kappa shape index (κ3) is 6.78. The van der Waals surface area contributed by atoms with E-state index < -0.39 is 18.2 Å². The summed E-state index contributed by atoms with van der Waals surface area (Å²) in [7, 11) is 5.66. The Hall–Kier alpha value is -1.62. The van der Waals surface area contributed by atoms with E-state index in [2.05, 4.69) is 13.2 Å². The Morgan fingerprint density at radius 1 is 1.12 bits per heavy atom. The van der Waals surface area contributed by atoms with Crippen molar-refractivity contribution < 1.29 is 23.5 Å². The van der Waals surface area contributed by atoms with Crippen LogP contribution in [0.25, 0.3) is 0 Å². The lowest BCUT2D eigenvalue weighted by Crippen LogP contribution is -2.44. The van der Waals surface area contributed by atoms with E-state index in [-0.39, 0.29) is 0 Å². The molecule has 0 N–H and O–H groups in total. The third-order valence-corrected chi connectivity index (χ3v) is 1.53. The van der Waals surface area contributed by atoms with Gasteiger partial charge in [0.05, 0.1) is 21.1 Å². The maximum absolute atomic E-state index is 11.0. The van der Waals surface area contributed by atoms with E-state index in [1.165, 1.54) is 0 Å². The molecule has 0 aromatic rings. The molecule has 90 valence electrons. The highest BCUT2D eigenvalue weighted by Crippen LogP contribution is 2.03.